The van der Waals surface area contributed by atoms with Gasteiger partial charge in [-0.05, 0) is 6.42 Å². The van der Waals surface area contributed by atoms with Crippen LogP contribution in [-0.2, 0) is 14.4 Å². The first-order valence-corrected chi connectivity index (χ1v) is 8.44. The molecule has 1 aliphatic heterocycles. The highest BCUT2D eigenvalue weighted by molar-refractivity contribution is 5.75. The average molecular weight is 360 g/mol. The molecule has 0 bridgehead atoms. The lowest BCUT2D eigenvalue weighted by atomic mass is 10.1. The quantitative estimate of drug-likeness (QED) is 0.352. The maximum Gasteiger partial charge on any atom is 0.320 e. The molecule has 1 unspecified atom stereocenters. The minimum Gasteiger partial charge on any atom is -0.481 e. The Labute approximate surface area is 146 Å². The Morgan fingerprint density at radius 1 is 0.840 bits per heavy atom. The summed E-state index contributed by atoms with van der Waals surface area (Å²) >= 11 is 0. The molecule has 144 valence electrons. The molecule has 0 spiro atoms. The van der Waals surface area contributed by atoms with Crippen molar-refractivity contribution in [1.82, 2.24) is 20.4 Å². The van der Waals surface area contributed by atoms with Gasteiger partial charge in [0.2, 0.25) is 0 Å². The molecular weight excluding hydrogens is 332 g/mol. The van der Waals surface area contributed by atoms with Gasteiger partial charge in [0.15, 0.2) is 0 Å². The first-order valence-electron chi connectivity index (χ1n) is 8.44. The average Bonchev–Trinajstić information content (AvgIpc) is 2.50. The van der Waals surface area contributed by atoms with Gasteiger partial charge in [-0.3, -0.25) is 24.2 Å². The molecule has 0 aliphatic carbocycles. The molecule has 0 radical (unpaired) electrons. The summed E-state index contributed by atoms with van der Waals surface area (Å²) in [6.45, 7) is 4.36. The number of carbonyl (C=O) groups is 3. The Kier molecular flexibility index (Phi) is 10.0. The van der Waals surface area contributed by atoms with Crippen molar-refractivity contribution in [2.24, 2.45) is 0 Å². The minimum absolute atomic E-state index is 0.0190. The van der Waals surface area contributed by atoms with Gasteiger partial charge >= 0.3 is 17.9 Å². The van der Waals surface area contributed by atoms with E-state index in [0.29, 0.717) is 39.3 Å². The molecule has 1 rings (SSSR count). The molecule has 10 heteroatoms. The van der Waals surface area contributed by atoms with Crippen LogP contribution in [0.15, 0.2) is 0 Å². The highest BCUT2D eigenvalue weighted by atomic mass is 16.4. The van der Waals surface area contributed by atoms with Crippen molar-refractivity contribution in [2.45, 2.75) is 18.9 Å². The van der Waals surface area contributed by atoms with Crippen LogP contribution in [0.25, 0.3) is 0 Å². The summed E-state index contributed by atoms with van der Waals surface area (Å²) in [5.74, 6) is -3.02. The number of carboxylic acids is 3. The van der Waals surface area contributed by atoms with Crippen molar-refractivity contribution < 1.29 is 29.7 Å². The summed E-state index contributed by atoms with van der Waals surface area (Å²) in [7, 11) is 0. The van der Waals surface area contributed by atoms with Gasteiger partial charge in [0, 0.05) is 58.8 Å². The van der Waals surface area contributed by atoms with Crippen molar-refractivity contribution in [3.05, 3.63) is 0 Å². The summed E-state index contributed by atoms with van der Waals surface area (Å²) in [5.41, 5.74) is 0. The zero-order valence-corrected chi connectivity index (χ0v) is 14.3. The summed E-state index contributed by atoms with van der Waals surface area (Å²) in [4.78, 5) is 36.8. The van der Waals surface area contributed by atoms with Crippen molar-refractivity contribution in [3.63, 3.8) is 0 Å². The minimum atomic E-state index is -1.06. The fourth-order valence-electron chi connectivity index (χ4n) is 2.76. The van der Waals surface area contributed by atoms with Crippen LogP contribution in [0.2, 0.25) is 0 Å². The monoisotopic (exact) mass is 360 g/mol. The van der Waals surface area contributed by atoms with Crippen LogP contribution in [0.3, 0.4) is 0 Å². The molecule has 0 aromatic carbocycles. The van der Waals surface area contributed by atoms with Crippen LogP contribution in [-0.4, -0.2) is 108 Å². The van der Waals surface area contributed by atoms with Gasteiger partial charge < -0.3 is 26.0 Å². The maximum absolute atomic E-state index is 11.6. The Morgan fingerprint density at radius 2 is 1.48 bits per heavy atom. The third-order valence-electron chi connectivity index (χ3n) is 4.08. The van der Waals surface area contributed by atoms with Crippen molar-refractivity contribution >= 4 is 17.9 Å². The Bertz CT molecular complexity index is 448. The van der Waals surface area contributed by atoms with E-state index in [2.05, 4.69) is 10.6 Å². The van der Waals surface area contributed by atoms with Gasteiger partial charge in [0.05, 0.1) is 6.54 Å². The van der Waals surface area contributed by atoms with Crippen LogP contribution >= 0.6 is 0 Å². The second kappa shape index (κ2) is 11.7. The first kappa shape index (κ1) is 21.3. The molecule has 10 nitrogen and oxygen atoms in total. The molecule has 1 heterocycles. The molecule has 1 aliphatic rings. The predicted octanol–water partition coefficient (Wildman–Crippen LogP) is -1.81. The van der Waals surface area contributed by atoms with Gasteiger partial charge in [0.1, 0.15) is 6.04 Å². The second-order valence-electron chi connectivity index (χ2n) is 5.99. The van der Waals surface area contributed by atoms with Gasteiger partial charge in [-0.2, -0.15) is 0 Å². The van der Waals surface area contributed by atoms with E-state index in [0.717, 1.165) is 13.1 Å². The number of nitrogens with one attached hydrogen (secondary N) is 2. The van der Waals surface area contributed by atoms with E-state index in [1.807, 2.05) is 0 Å². The topological polar surface area (TPSA) is 142 Å². The van der Waals surface area contributed by atoms with Crippen LogP contribution in [0, 0.1) is 0 Å². The first-order chi connectivity index (χ1) is 11.9. The van der Waals surface area contributed by atoms with Crippen molar-refractivity contribution in [2.75, 3.05) is 58.9 Å². The highest BCUT2D eigenvalue weighted by Gasteiger charge is 2.26. The predicted molar refractivity (Wildman–Crippen MR) is 89.7 cm³/mol. The number of hydrogen-bond acceptors (Lipinski definition) is 7. The van der Waals surface area contributed by atoms with E-state index in [1.165, 1.54) is 0 Å². The van der Waals surface area contributed by atoms with Gasteiger partial charge in [-0.1, -0.05) is 0 Å². The van der Waals surface area contributed by atoms with E-state index in [1.54, 1.807) is 9.80 Å². The molecule has 1 atom stereocenters. The number of hydrogen-bond donors (Lipinski definition) is 5. The Hall–Kier alpha value is -1.75. The summed E-state index contributed by atoms with van der Waals surface area (Å²) in [6, 6.07) is -0.898. The molecule has 1 fully saturated rings. The largest absolute Gasteiger partial charge is 0.481 e. The standard InChI is InChI=1S/C15H28N4O6/c20-13(21)2-1-12(15(24)25)19-8-6-17-4-3-16-5-7-18(9-10-19)11-14(22)23/h12,16-17H,1-11H2,(H,20,21)(H,22,23)(H,24,25). The fraction of sp³-hybridized carbons (Fsp3) is 0.800. The van der Waals surface area contributed by atoms with Crippen molar-refractivity contribution in [3.8, 4) is 0 Å². The van der Waals surface area contributed by atoms with Crippen LogP contribution < -0.4 is 10.6 Å². The summed E-state index contributed by atoms with van der Waals surface area (Å²) < 4.78 is 0. The number of aliphatic carboxylic acids is 3. The Balaban J connectivity index is 2.77. The van der Waals surface area contributed by atoms with Gasteiger partial charge in [-0.15, -0.1) is 0 Å². The molecule has 0 saturated carbocycles. The van der Waals surface area contributed by atoms with Gasteiger partial charge in [-0.25, -0.2) is 0 Å². The summed E-state index contributed by atoms with van der Waals surface area (Å²) in [5, 5.41) is 33.7. The molecule has 25 heavy (non-hydrogen) atoms. The van der Waals surface area contributed by atoms with Crippen LogP contribution in [0.5, 0.6) is 0 Å². The van der Waals surface area contributed by atoms with E-state index in [-0.39, 0.29) is 19.4 Å². The van der Waals surface area contributed by atoms with E-state index in [4.69, 9.17) is 10.2 Å². The molecule has 0 aromatic heterocycles. The molecule has 0 amide bonds. The van der Waals surface area contributed by atoms with E-state index >= 15 is 0 Å². The lowest BCUT2D eigenvalue weighted by Gasteiger charge is -2.31. The zero-order chi connectivity index (χ0) is 18.7. The molecular formula is C15H28N4O6. The second-order valence-corrected chi connectivity index (χ2v) is 5.99. The van der Waals surface area contributed by atoms with Crippen LogP contribution in [0.1, 0.15) is 12.8 Å². The number of rotatable bonds is 7. The number of carboxylic acid groups (broad SMARTS) is 3. The highest BCUT2D eigenvalue weighted by Crippen LogP contribution is 2.08. The zero-order valence-electron chi connectivity index (χ0n) is 14.3. The Morgan fingerprint density at radius 3 is 2.04 bits per heavy atom. The van der Waals surface area contributed by atoms with Crippen LogP contribution in [0.4, 0.5) is 0 Å². The normalized spacial score (nSPS) is 20.2. The maximum atomic E-state index is 11.6. The van der Waals surface area contributed by atoms with E-state index < -0.39 is 23.9 Å². The number of nitrogens with zero attached hydrogens (tertiary/aromatic N) is 2. The smallest absolute Gasteiger partial charge is 0.320 e. The van der Waals surface area contributed by atoms with Crippen molar-refractivity contribution in [1.29, 1.82) is 0 Å². The lowest BCUT2D eigenvalue weighted by Crippen LogP contribution is -2.50. The third kappa shape index (κ3) is 9.34. The van der Waals surface area contributed by atoms with E-state index in [9.17, 15) is 19.5 Å². The molecule has 1 saturated heterocycles. The molecule has 5 N–H and O–H groups in total. The lowest BCUT2D eigenvalue weighted by molar-refractivity contribution is -0.145. The molecule has 0 aromatic rings. The summed E-state index contributed by atoms with van der Waals surface area (Å²) in [6.07, 6.45) is -0.200. The van der Waals surface area contributed by atoms with Gasteiger partial charge in [0.25, 0.3) is 0 Å². The SMILES string of the molecule is O=C(O)CCC(C(=O)O)N1CCNCCNCCN(CC(=O)O)CC1. The third-order valence-corrected chi connectivity index (χ3v) is 4.08. The fourth-order valence-corrected chi connectivity index (χ4v) is 2.76.